The number of aliphatic hydroxyl groups excluding tert-OH is 1. The molecular weight excluding hydrogens is 272 g/mol. The molecule has 0 fully saturated rings. The third-order valence-electron chi connectivity index (χ3n) is 3.32. The number of halogens is 1. The molecule has 1 atom stereocenters. The van der Waals surface area contributed by atoms with Gasteiger partial charge in [0, 0.05) is 16.8 Å². The summed E-state index contributed by atoms with van der Waals surface area (Å²) in [6.45, 7) is 3.78. The number of pyridine rings is 1. The van der Waals surface area contributed by atoms with E-state index in [2.05, 4.69) is 4.98 Å². The van der Waals surface area contributed by atoms with E-state index in [1.54, 1.807) is 6.92 Å². The number of hydrogen-bond donors (Lipinski definition) is 1. The Morgan fingerprint density at radius 2 is 1.85 bits per heavy atom. The molecular formula is C16H15ClN2O. The van der Waals surface area contributed by atoms with Gasteiger partial charge in [0.05, 0.1) is 17.5 Å². The lowest BCUT2D eigenvalue weighted by atomic mass is 10.1. The fourth-order valence-corrected chi connectivity index (χ4v) is 2.51. The van der Waals surface area contributed by atoms with Crippen molar-refractivity contribution in [1.82, 2.24) is 9.38 Å². The lowest BCUT2D eigenvalue weighted by Gasteiger charge is -2.08. The molecule has 3 nitrogen and oxygen atoms in total. The van der Waals surface area contributed by atoms with E-state index in [4.69, 9.17) is 11.6 Å². The molecule has 0 saturated heterocycles. The molecule has 0 aliphatic carbocycles. The number of fused-ring (bicyclic) bond motifs is 1. The lowest BCUT2D eigenvalue weighted by molar-refractivity contribution is 0.194. The van der Waals surface area contributed by atoms with Crippen LogP contribution in [0.2, 0.25) is 5.02 Å². The smallest absolute Gasteiger partial charge is 0.137 e. The molecule has 1 aromatic carbocycles. The summed E-state index contributed by atoms with van der Waals surface area (Å²) in [4.78, 5) is 4.63. The minimum Gasteiger partial charge on any atom is -0.387 e. The summed E-state index contributed by atoms with van der Waals surface area (Å²) in [6, 6.07) is 11.5. The minimum atomic E-state index is -0.600. The Bertz CT molecular complexity index is 760. The van der Waals surface area contributed by atoms with Crippen molar-refractivity contribution in [3.63, 3.8) is 0 Å². The highest BCUT2D eigenvalue weighted by Crippen LogP contribution is 2.29. The molecule has 0 spiro atoms. The van der Waals surface area contributed by atoms with Crippen LogP contribution in [0.25, 0.3) is 16.9 Å². The molecule has 1 unspecified atom stereocenters. The van der Waals surface area contributed by atoms with E-state index in [1.165, 1.54) is 0 Å². The van der Waals surface area contributed by atoms with Crippen molar-refractivity contribution in [3.05, 3.63) is 58.9 Å². The standard InChI is InChI=1S/C16H15ClN2O/c1-10-3-8-14-18-15(12-4-6-13(17)7-5-12)16(11(2)20)19(14)9-10/h3-9,11,20H,1-2H3. The van der Waals surface area contributed by atoms with Crippen molar-refractivity contribution in [2.75, 3.05) is 0 Å². The van der Waals surface area contributed by atoms with Crippen molar-refractivity contribution in [2.24, 2.45) is 0 Å². The quantitative estimate of drug-likeness (QED) is 0.773. The molecule has 2 heterocycles. The summed E-state index contributed by atoms with van der Waals surface area (Å²) < 4.78 is 1.95. The molecule has 0 bridgehead atoms. The Morgan fingerprint density at radius 3 is 2.50 bits per heavy atom. The maximum absolute atomic E-state index is 10.1. The first-order chi connectivity index (χ1) is 9.56. The number of aromatic nitrogens is 2. The molecule has 3 aromatic rings. The van der Waals surface area contributed by atoms with Crippen LogP contribution in [0.5, 0.6) is 0 Å². The summed E-state index contributed by atoms with van der Waals surface area (Å²) in [5.41, 5.74) is 4.50. The van der Waals surface area contributed by atoms with E-state index in [1.807, 2.05) is 53.9 Å². The molecule has 0 aliphatic heterocycles. The summed E-state index contributed by atoms with van der Waals surface area (Å²) in [6.07, 6.45) is 1.39. The van der Waals surface area contributed by atoms with Crippen LogP contribution in [-0.2, 0) is 0 Å². The molecule has 0 aliphatic rings. The molecule has 0 amide bonds. The van der Waals surface area contributed by atoms with Gasteiger partial charge in [0.25, 0.3) is 0 Å². The Morgan fingerprint density at radius 1 is 1.15 bits per heavy atom. The van der Waals surface area contributed by atoms with Crippen LogP contribution in [0.4, 0.5) is 0 Å². The molecule has 4 heteroatoms. The predicted octanol–water partition coefficient (Wildman–Crippen LogP) is 4.02. The number of aliphatic hydroxyl groups is 1. The predicted molar refractivity (Wildman–Crippen MR) is 81.0 cm³/mol. The first-order valence-corrected chi connectivity index (χ1v) is 6.86. The second kappa shape index (κ2) is 4.93. The highest BCUT2D eigenvalue weighted by atomic mass is 35.5. The molecule has 0 radical (unpaired) electrons. The zero-order valence-electron chi connectivity index (χ0n) is 11.3. The van der Waals surface area contributed by atoms with Gasteiger partial charge in [-0.3, -0.25) is 0 Å². The first kappa shape index (κ1) is 13.2. The maximum Gasteiger partial charge on any atom is 0.137 e. The van der Waals surface area contributed by atoms with Crippen LogP contribution in [0.3, 0.4) is 0 Å². The van der Waals surface area contributed by atoms with Gasteiger partial charge < -0.3 is 9.51 Å². The number of imidazole rings is 1. The maximum atomic E-state index is 10.1. The van der Waals surface area contributed by atoms with Crippen LogP contribution in [0.15, 0.2) is 42.6 Å². The highest BCUT2D eigenvalue weighted by molar-refractivity contribution is 6.30. The average Bonchev–Trinajstić information content (AvgIpc) is 2.78. The third-order valence-corrected chi connectivity index (χ3v) is 3.57. The Kier molecular flexibility index (Phi) is 3.24. The number of aryl methyl sites for hydroxylation is 1. The SMILES string of the molecule is Cc1ccc2nc(-c3ccc(Cl)cc3)c(C(C)O)n2c1. The zero-order chi connectivity index (χ0) is 14.3. The summed E-state index contributed by atoms with van der Waals surface area (Å²) in [7, 11) is 0. The van der Waals surface area contributed by atoms with Gasteiger partial charge in [-0.05, 0) is 37.6 Å². The van der Waals surface area contributed by atoms with Crippen LogP contribution in [0, 0.1) is 6.92 Å². The molecule has 1 N–H and O–H groups in total. The Labute approximate surface area is 122 Å². The number of benzene rings is 1. The van der Waals surface area contributed by atoms with Gasteiger partial charge in [-0.2, -0.15) is 0 Å². The van der Waals surface area contributed by atoms with Gasteiger partial charge in [0.2, 0.25) is 0 Å². The van der Waals surface area contributed by atoms with Crippen molar-refractivity contribution in [3.8, 4) is 11.3 Å². The second-order valence-corrected chi connectivity index (χ2v) is 5.40. The fourth-order valence-electron chi connectivity index (χ4n) is 2.39. The van der Waals surface area contributed by atoms with E-state index in [0.29, 0.717) is 5.02 Å². The van der Waals surface area contributed by atoms with E-state index in [0.717, 1.165) is 28.2 Å². The normalized spacial score (nSPS) is 12.8. The van der Waals surface area contributed by atoms with Crippen molar-refractivity contribution < 1.29 is 5.11 Å². The molecule has 20 heavy (non-hydrogen) atoms. The van der Waals surface area contributed by atoms with Gasteiger partial charge in [0.1, 0.15) is 5.65 Å². The number of nitrogens with zero attached hydrogens (tertiary/aromatic N) is 2. The lowest BCUT2D eigenvalue weighted by Crippen LogP contribution is -1.99. The minimum absolute atomic E-state index is 0.600. The van der Waals surface area contributed by atoms with Gasteiger partial charge in [-0.1, -0.05) is 29.8 Å². The fraction of sp³-hybridized carbons (Fsp3) is 0.188. The van der Waals surface area contributed by atoms with Crippen molar-refractivity contribution in [2.45, 2.75) is 20.0 Å². The van der Waals surface area contributed by atoms with Crippen LogP contribution in [-0.4, -0.2) is 14.5 Å². The second-order valence-electron chi connectivity index (χ2n) is 4.96. The molecule has 2 aromatic heterocycles. The first-order valence-electron chi connectivity index (χ1n) is 6.49. The third kappa shape index (κ3) is 2.19. The van der Waals surface area contributed by atoms with E-state index in [9.17, 15) is 5.11 Å². The van der Waals surface area contributed by atoms with E-state index < -0.39 is 6.10 Å². The highest BCUT2D eigenvalue weighted by Gasteiger charge is 2.17. The van der Waals surface area contributed by atoms with Gasteiger partial charge in [0.15, 0.2) is 0 Å². The topological polar surface area (TPSA) is 37.5 Å². The molecule has 102 valence electrons. The van der Waals surface area contributed by atoms with Crippen LogP contribution in [0.1, 0.15) is 24.3 Å². The largest absolute Gasteiger partial charge is 0.387 e. The van der Waals surface area contributed by atoms with Crippen LogP contribution >= 0.6 is 11.6 Å². The summed E-state index contributed by atoms with van der Waals surface area (Å²) in [5.74, 6) is 0. The van der Waals surface area contributed by atoms with E-state index >= 15 is 0 Å². The van der Waals surface area contributed by atoms with Crippen molar-refractivity contribution in [1.29, 1.82) is 0 Å². The van der Waals surface area contributed by atoms with Gasteiger partial charge in [-0.15, -0.1) is 0 Å². The van der Waals surface area contributed by atoms with Crippen LogP contribution < -0.4 is 0 Å². The summed E-state index contributed by atoms with van der Waals surface area (Å²) in [5, 5.41) is 10.8. The average molecular weight is 287 g/mol. The van der Waals surface area contributed by atoms with Crippen molar-refractivity contribution >= 4 is 17.2 Å². The Hall–Kier alpha value is -1.84. The van der Waals surface area contributed by atoms with Gasteiger partial charge >= 0.3 is 0 Å². The zero-order valence-corrected chi connectivity index (χ0v) is 12.1. The molecule has 0 saturated carbocycles. The monoisotopic (exact) mass is 286 g/mol. The van der Waals surface area contributed by atoms with E-state index in [-0.39, 0.29) is 0 Å². The Balaban J connectivity index is 2.29. The van der Waals surface area contributed by atoms with Gasteiger partial charge in [-0.25, -0.2) is 4.98 Å². The number of hydrogen-bond acceptors (Lipinski definition) is 2. The summed E-state index contributed by atoms with van der Waals surface area (Å²) >= 11 is 5.93. The number of rotatable bonds is 2. The molecule has 3 rings (SSSR count).